The average Bonchev–Trinajstić information content (AvgIpc) is 2.31. The maximum atomic E-state index is 13.4. The predicted molar refractivity (Wildman–Crippen MR) is 65.8 cm³/mol. The number of hydrogen-bond acceptors (Lipinski definition) is 4. The van der Waals surface area contributed by atoms with E-state index in [0.29, 0.717) is 0 Å². The van der Waals surface area contributed by atoms with Crippen molar-refractivity contribution in [3.05, 3.63) is 38.1 Å². The van der Waals surface area contributed by atoms with Crippen molar-refractivity contribution in [3.8, 4) is 0 Å². The Labute approximate surface area is 111 Å². The fourth-order valence-electron chi connectivity index (χ4n) is 1.45. The van der Waals surface area contributed by atoms with Crippen molar-refractivity contribution in [2.24, 2.45) is 0 Å². The van der Waals surface area contributed by atoms with E-state index in [1.165, 1.54) is 6.92 Å². The third kappa shape index (κ3) is 3.04. The van der Waals surface area contributed by atoms with Gasteiger partial charge in [0.2, 0.25) is 0 Å². The molecular weight excluding hydrogens is 309 g/mol. The van der Waals surface area contributed by atoms with Crippen molar-refractivity contribution in [2.45, 2.75) is 19.8 Å². The molecule has 1 atom stereocenters. The number of rotatable bonds is 4. The number of ether oxygens (including phenoxy) is 1. The molecule has 0 N–H and O–H groups in total. The Bertz CT molecular complexity index is 492. The van der Waals surface area contributed by atoms with E-state index < -0.39 is 22.6 Å². The van der Waals surface area contributed by atoms with Crippen LogP contribution in [0.1, 0.15) is 25.3 Å². The molecule has 1 unspecified atom stereocenters. The lowest BCUT2D eigenvalue weighted by Gasteiger charge is -2.11. The first-order valence-corrected chi connectivity index (χ1v) is 5.97. The highest BCUT2D eigenvalue weighted by Gasteiger charge is 2.27. The van der Waals surface area contributed by atoms with Gasteiger partial charge in [0.25, 0.3) is 5.69 Å². The zero-order valence-corrected chi connectivity index (χ0v) is 11.4. The van der Waals surface area contributed by atoms with Crippen LogP contribution in [0.25, 0.3) is 0 Å². The molecule has 0 saturated carbocycles. The molecule has 0 aliphatic heterocycles. The molecule has 0 fully saturated rings. The number of hydrogen-bond donors (Lipinski definition) is 0. The second-order valence-corrected chi connectivity index (χ2v) is 4.41. The van der Waals surface area contributed by atoms with Crippen LogP contribution < -0.4 is 0 Å². The summed E-state index contributed by atoms with van der Waals surface area (Å²) in [5.74, 6) is -2.18. The highest BCUT2D eigenvalue weighted by atomic mass is 79.9. The van der Waals surface area contributed by atoms with Crippen LogP contribution in [0.5, 0.6) is 0 Å². The molecule has 1 aromatic carbocycles. The molecule has 0 spiro atoms. The summed E-state index contributed by atoms with van der Waals surface area (Å²) in [4.78, 5) is 21.8. The molecule has 0 saturated heterocycles. The lowest BCUT2D eigenvalue weighted by molar-refractivity contribution is -0.385. The molecule has 7 heteroatoms. The number of nitrogens with zero attached hydrogens (tertiary/aromatic N) is 1. The number of carbonyl (C=O) groups is 1. The molecule has 0 bridgehead atoms. The van der Waals surface area contributed by atoms with Gasteiger partial charge in [-0.3, -0.25) is 14.9 Å². The van der Waals surface area contributed by atoms with E-state index in [4.69, 9.17) is 4.74 Å². The highest BCUT2D eigenvalue weighted by molar-refractivity contribution is 9.10. The van der Waals surface area contributed by atoms with Gasteiger partial charge in [-0.1, -0.05) is 0 Å². The number of nitro benzene ring substituents is 1. The molecule has 5 nitrogen and oxygen atoms in total. The molecule has 0 heterocycles. The van der Waals surface area contributed by atoms with Crippen LogP contribution in [0.15, 0.2) is 16.6 Å². The summed E-state index contributed by atoms with van der Waals surface area (Å²) < 4.78 is 18.2. The largest absolute Gasteiger partial charge is 0.466 e. The van der Waals surface area contributed by atoms with Gasteiger partial charge in [0.15, 0.2) is 0 Å². The van der Waals surface area contributed by atoms with E-state index in [2.05, 4.69) is 15.9 Å². The second-order valence-electron chi connectivity index (χ2n) is 3.56. The van der Waals surface area contributed by atoms with Gasteiger partial charge in [-0.25, -0.2) is 4.39 Å². The SMILES string of the molecule is CCOC(=O)C(C)c1cc(F)c(Br)cc1[N+](=O)[O-]. The van der Waals surface area contributed by atoms with Gasteiger partial charge in [-0.05, 0) is 35.8 Å². The third-order valence-electron chi connectivity index (χ3n) is 2.37. The van der Waals surface area contributed by atoms with Gasteiger partial charge in [-0.2, -0.15) is 0 Å². The Balaban J connectivity index is 3.25. The first-order valence-electron chi connectivity index (χ1n) is 5.18. The molecule has 1 rings (SSSR count). The van der Waals surface area contributed by atoms with E-state index in [-0.39, 0.29) is 22.3 Å². The topological polar surface area (TPSA) is 69.4 Å². The van der Waals surface area contributed by atoms with Gasteiger partial charge < -0.3 is 4.74 Å². The summed E-state index contributed by atoms with van der Waals surface area (Å²) in [5, 5.41) is 10.9. The summed E-state index contributed by atoms with van der Waals surface area (Å²) >= 11 is 2.87. The van der Waals surface area contributed by atoms with Crippen LogP contribution >= 0.6 is 15.9 Å². The quantitative estimate of drug-likeness (QED) is 0.485. The molecule has 0 aliphatic rings. The third-order valence-corrected chi connectivity index (χ3v) is 2.98. The smallest absolute Gasteiger partial charge is 0.313 e. The number of halogens is 2. The zero-order chi connectivity index (χ0) is 13.9. The zero-order valence-electron chi connectivity index (χ0n) is 9.78. The molecule has 98 valence electrons. The fraction of sp³-hybridized carbons (Fsp3) is 0.364. The maximum absolute atomic E-state index is 13.4. The average molecular weight is 320 g/mol. The van der Waals surface area contributed by atoms with Crippen molar-refractivity contribution in [3.63, 3.8) is 0 Å². The number of benzene rings is 1. The van der Waals surface area contributed by atoms with Gasteiger partial charge in [0.1, 0.15) is 5.82 Å². The van der Waals surface area contributed by atoms with Crippen molar-refractivity contribution >= 4 is 27.6 Å². The number of carbonyl (C=O) groups excluding carboxylic acids is 1. The van der Waals surface area contributed by atoms with Crippen molar-refractivity contribution in [2.75, 3.05) is 6.61 Å². The monoisotopic (exact) mass is 319 g/mol. The summed E-state index contributed by atoms with van der Waals surface area (Å²) in [5.41, 5.74) is -0.317. The Kier molecular flexibility index (Phi) is 4.77. The van der Waals surface area contributed by atoms with E-state index in [1.54, 1.807) is 6.92 Å². The van der Waals surface area contributed by atoms with Gasteiger partial charge in [-0.15, -0.1) is 0 Å². The van der Waals surface area contributed by atoms with Gasteiger partial charge >= 0.3 is 5.97 Å². The number of nitro groups is 1. The summed E-state index contributed by atoms with van der Waals surface area (Å²) in [7, 11) is 0. The minimum Gasteiger partial charge on any atom is -0.466 e. The first kappa shape index (κ1) is 14.6. The molecule has 0 aromatic heterocycles. The van der Waals surface area contributed by atoms with Crippen molar-refractivity contribution in [1.82, 2.24) is 0 Å². The van der Waals surface area contributed by atoms with Crippen LogP contribution in [0.3, 0.4) is 0 Å². The Morgan fingerprint density at radius 1 is 1.61 bits per heavy atom. The molecule has 0 aliphatic carbocycles. The van der Waals surface area contributed by atoms with Crippen molar-refractivity contribution < 1.29 is 18.8 Å². The van der Waals surface area contributed by atoms with Crippen molar-refractivity contribution in [1.29, 1.82) is 0 Å². The predicted octanol–water partition coefficient (Wildman–Crippen LogP) is 3.16. The fourth-order valence-corrected chi connectivity index (χ4v) is 1.78. The minimum atomic E-state index is -0.895. The number of esters is 1. The normalized spacial score (nSPS) is 12.0. The van der Waals surface area contributed by atoms with Crippen LogP contribution in [-0.2, 0) is 9.53 Å². The first-order chi connectivity index (χ1) is 8.38. The molecule has 1 aromatic rings. The molecule has 18 heavy (non-hydrogen) atoms. The van der Waals surface area contributed by atoms with E-state index >= 15 is 0 Å². The van der Waals surface area contributed by atoms with E-state index in [9.17, 15) is 19.3 Å². The highest BCUT2D eigenvalue weighted by Crippen LogP contribution is 2.32. The second kappa shape index (κ2) is 5.90. The Morgan fingerprint density at radius 3 is 2.72 bits per heavy atom. The lowest BCUT2D eigenvalue weighted by Crippen LogP contribution is -2.14. The standard InChI is InChI=1S/C11H11BrFNO4/c1-3-18-11(15)6(2)7-4-9(13)8(12)5-10(7)14(16)17/h4-6H,3H2,1-2H3. The molecule has 0 amide bonds. The van der Waals surface area contributed by atoms with Crippen LogP contribution in [0.4, 0.5) is 10.1 Å². The van der Waals surface area contributed by atoms with Gasteiger partial charge in [0, 0.05) is 11.6 Å². The molecule has 0 radical (unpaired) electrons. The molecular formula is C11H11BrFNO4. The minimum absolute atomic E-state index is 0.000787. The van der Waals surface area contributed by atoms with Crippen LogP contribution in [0.2, 0.25) is 0 Å². The van der Waals surface area contributed by atoms with Gasteiger partial charge in [0.05, 0.1) is 21.9 Å². The van der Waals surface area contributed by atoms with E-state index in [0.717, 1.165) is 12.1 Å². The van der Waals surface area contributed by atoms with Crippen LogP contribution in [0, 0.1) is 15.9 Å². The summed E-state index contributed by atoms with van der Waals surface area (Å²) in [6.07, 6.45) is 0. The van der Waals surface area contributed by atoms with Crippen LogP contribution in [-0.4, -0.2) is 17.5 Å². The Hall–Kier alpha value is -1.50. The lowest BCUT2D eigenvalue weighted by atomic mass is 9.99. The maximum Gasteiger partial charge on any atom is 0.313 e. The Morgan fingerprint density at radius 2 is 2.22 bits per heavy atom. The van der Waals surface area contributed by atoms with E-state index in [1.807, 2.05) is 0 Å². The summed E-state index contributed by atoms with van der Waals surface area (Å²) in [6.45, 7) is 3.23. The summed E-state index contributed by atoms with van der Waals surface area (Å²) in [6, 6.07) is 2.02.